The minimum Gasteiger partial charge on any atom is -0.354 e. The van der Waals surface area contributed by atoms with E-state index in [2.05, 4.69) is 10.6 Å². The number of rotatable bonds is 7. The van der Waals surface area contributed by atoms with Crippen molar-refractivity contribution < 1.29 is 18.8 Å². The van der Waals surface area contributed by atoms with E-state index in [4.69, 9.17) is 0 Å². The van der Waals surface area contributed by atoms with Crippen molar-refractivity contribution in [2.45, 2.75) is 32.7 Å². The average molecular weight is 446 g/mol. The number of benzene rings is 1. The third-order valence-corrected chi connectivity index (χ3v) is 6.25. The summed E-state index contributed by atoms with van der Waals surface area (Å²) in [6, 6.07) is 8.19. The van der Waals surface area contributed by atoms with Crippen LogP contribution in [0.2, 0.25) is 0 Å². The number of thiophene rings is 1. The summed E-state index contributed by atoms with van der Waals surface area (Å²) >= 11 is 1.41. The first-order valence-electron chi connectivity index (χ1n) is 10.5. The van der Waals surface area contributed by atoms with Gasteiger partial charge in [0, 0.05) is 25.2 Å². The lowest BCUT2D eigenvalue weighted by molar-refractivity contribution is -0.124. The van der Waals surface area contributed by atoms with Gasteiger partial charge in [0.2, 0.25) is 5.91 Å². The summed E-state index contributed by atoms with van der Waals surface area (Å²) in [7, 11) is 0. The van der Waals surface area contributed by atoms with E-state index in [1.54, 1.807) is 4.90 Å². The first-order valence-corrected chi connectivity index (χ1v) is 11.4. The number of hydrogen-bond donors (Lipinski definition) is 2. The Balaban J connectivity index is 1.67. The summed E-state index contributed by atoms with van der Waals surface area (Å²) in [5.74, 6) is -0.879. The van der Waals surface area contributed by atoms with E-state index < -0.39 is 17.8 Å². The zero-order chi connectivity index (χ0) is 22.4. The van der Waals surface area contributed by atoms with E-state index in [0.29, 0.717) is 42.9 Å². The normalized spacial score (nSPS) is 15.5. The zero-order valence-corrected chi connectivity index (χ0v) is 18.6. The fourth-order valence-electron chi connectivity index (χ4n) is 3.63. The van der Waals surface area contributed by atoms with Gasteiger partial charge in [0.1, 0.15) is 11.9 Å². The highest BCUT2D eigenvalue weighted by molar-refractivity contribution is 7.12. The van der Waals surface area contributed by atoms with Crippen LogP contribution in [-0.2, 0) is 4.79 Å². The molecule has 1 aliphatic rings. The van der Waals surface area contributed by atoms with Crippen LogP contribution in [0.1, 0.15) is 46.7 Å². The Hall–Kier alpha value is -2.74. The molecule has 0 aliphatic carbocycles. The van der Waals surface area contributed by atoms with Crippen molar-refractivity contribution in [3.63, 3.8) is 0 Å². The van der Waals surface area contributed by atoms with E-state index in [1.807, 2.05) is 31.4 Å². The maximum absolute atomic E-state index is 13.2. The van der Waals surface area contributed by atoms with E-state index in [9.17, 15) is 18.8 Å². The van der Waals surface area contributed by atoms with Gasteiger partial charge < -0.3 is 15.5 Å². The molecule has 8 heteroatoms. The Kier molecular flexibility index (Phi) is 7.79. The lowest BCUT2D eigenvalue weighted by Crippen LogP contribution is -2.54. The third kappa shape index (κ3) is 6.13. The van der Waals surface area contributed by atoms with Crippen molar-refractivity contribution in [1.82, 2.24) is 15.5 Å². The second-order valence-corrected chi connectivity index (χ2v) is 9.15. The van der Waals surface area contributed by atoms with Crippen LogP contribution in [0.25, 0.3) is 0 Å². The van der Waals surface area contributed by atoms with E-state index in [0.717, 1.165) is 0 Å². The van der Waals surface area contributed by atoms with Crippen molar-refractivity contribution >= 4 is 29.1 Å². The monoisotopic (exact) mass is 445 g/mol. The minimum absolute atomic E-state index is 0.00427. The van der Waals surface area contributed by atoms with Crippen molar-refractivity contribution in [2.24, 2.45) is 11.8 Å². The average Bonchev–Trinajstić information content (AvgIpc) is 3.31. The number of likely N-dealkylation sites (tertiary alicyclic amines) is 1. The van der Waals surface area contributed by atoms with Gasteiger partial charge in [0.25, 0.3) is 11.8 Å². The quantitative estimate of drug-likeness (QED) is 0.686. The number of hydrogen-bond acceptors (Lipinski definition) is 4. The molecule has 0 spiro atoms. The maximum Gasteiger partial charge on any atom is 0.263 e. The van der Waals surface area contributed by atoms with Gasteiger partial charge in [-0.25, -0.2) is 4.39 Å². The lowest BCUT2D eigenvalue weighted by Gasteiger charge is -2.35. The van der Waals surface area contributed by atoms with Gasteiger partial charge in [-0.3, -0.25) is 14.4 Å². The van der Waals surface area contributed by atoms with Crippen molar-refractivity contribution in [1.29, 1.82) is 0 Å². The Morgan fingerprint density at radius 1 is 1.13 bits per heavy atom. The number of carbonyl (C=O) groups excluding carboxylic acids is 3. The molecule has 2 heterocycles. The molecule has 1 aliphatic heterocycles. The SMILES string of the molecule is CC(C)CNC(=O)[C@@H](NC(=O)c1ccc(F)cc1)C1CCN(C(=O)c2cccs2)CC1. The molecule has 3 rings (SSSR count). The minimum atomic E-state index is -0.713. The summed E-state index contributed by atoms with van der Waals surface area (Å²) in [5.41, 5.74) is 0.299. The number of piperidine rings is 1. The maximum atomic E-state index is 13.2. The van der Waals surface area contributed by atoms with E-state index in [1.165, 1.54) is 35.6 Å². The smallest absolute Gasteiger partial charge is 0.263 e. The summed E-state index contributed by atoms with van der Waals surface area (Å²) < 4.78 is 13.2. The van der Waals surface area contributed by atoms with E-state index in [-0.39, 0.29) is 23.7 Å². The molecule has 2 aromatic rings. The second kappa shape index (κ2) is 10.5. The first-order chi connectivity index (χ1) is 14.8. The molecule has 1 saturated heterocycles. The molecule has 1 fully saturated rings. The van der Waals surface area contributed by atoms with Crippen molar-refractivity contribution in [3.05, 3.63) is 58.0 Å². The predicted octanol–water partition coefficient (Wildman–Crippen LogP) is 3.31. The number of halogens is 1. The Morgan fingerprint density at radius 2 is 1.81 bits per heavy atom. The first kappa shape index (κ1) is 22.9. The van der Waals surface area contributed by atoms with E-state index >= 15 is 0 Å². The zero-order valence-electron chi connectivity index (χ0n) is 17.8. The molecule has 1 aromatic heterocycles. The van der Waals surface area contributed by atoms with Crippen LogP contribution in [0.4, 0.5) is 4.39 Å². The molecule has 3 amide bonds. The summed E-state index contributed by atoms with van der Waals surface area (Å²) in [4.78, 5) is 40.7. The number of nitrogens with zero attached hydrogens (tertiary/aromatic N) is 1. The van der Waals surface area contributed by atoms with Gasteiger partial charge in [-0.2, -0.15) is 0 Å². The molecule has 0 radical (unpaired) electrons. The summed E-state index contributed by atoms with van der Waals surface area (Å²) in [5, 5.41) is 7.63. The van der Waals surface area contributed by atoms with Crippen LogP contribution in [0.5, 0.6) is 0 Å². The molecule has 2 N–H and O–H groups in total. The van der Waals surface area contributed by atoms with Crippen molar-refractivity contribution in [3.8, 4) is 0 Å². The van der Waals surface area contributed by atoms with Crippen molar-refractivity contribution in [2.75, 3.05) is 19.6 Å². The summed E-state index contributed by atoms with van der Waals surface area (Å²) in [6.07, 6.45) is 1.22. The fourth-order valence-corrected chi connectivity index (χ4v) is 4.32. The second-order valence-electron chi connectivity index (χ2n) is 8.20. The number of amides is 3. The van der Waals surface area contributed by atoms with Gasteiger partial charge >= 0.3 is 0 Å². The highest BCUT2D eigenvalue weighted by Gasteiger charge is 2.34. The largest absolute Gasteiger partial charge is 0.354 e. The van der Waals surface area contributed by atoms with Crippen LogP contribution >= 0.6 is 11.3 Å². The van der Waals surface area contributed by atoms with Gasteiger partial charge in [0.05, 0.1) is 4.88 Å². The molecular formula is C23H28FN3O3S. The van der Waals surface area contributed by atoms with Gasteiger partial charge in [-0.15, -0.1) is 11.3 Å². The van der Waals surface area contributed by atoms with Crippen LogP contribution < -0.4 is 10.6 Å². The number of nitrogens with one attached hydrogen (secondary N) is 2. The van der Waals surface area contributed by atoms with Gasteiger partial charge in [-0.05, 0) is 60.4 Å². The third-order valence-electron chi connectivity index (χ3n) is 5.39. The topological polar surface area (TPSA) is 78.5 Å². The highest BCUT2D eigenvalue weighted by atomic mass is 32.1. The standard InChI is InChI=1S/C23H28FN3O3S/c1-15(2)14-25-22(29)20(26-21(28)17-5-7-18(24)8-6-17)16-9-11-27(12-10-16)23(30)19-4-3-13-31-19/h3-8,13,15-16,20H,9-12,14H2,1-2H3,(H,25,29)(H,26,28)/t20-/m0/s1. The highest BCUT2D eigenvalue weighted by Crippen LogP contribution is 2.24. The molecule has 31 heavy (non-hydrogen) atoms. The predicted molar refractivity (Wildman–Crippen MR) is 118 cm³/mol. The van der Waals surface area contributed by atoms with Gasteiger partial charge in [-0.1, -0.05) is 19.9 Å². The van der Waals surface area contributed by atoms with Gasteiger partial charge in [0.15, 0.2) is 0 Å². The Labute approximate surface area is 185 Å². The molecule has 166 valence electrons. The van der Waals surface area contributed by atoms with Crippen LogP contribution in [0.3, 0.4) is 0 Å². The molecule has 0 saturated carbocycles. The lowest BCUT2D eigenvalue weighted by atomic mass is 9.88. The molecule has 1 aromatic carbocycles. The molecular weight excluding hydrogens is 417 g/mol. The fraction of sp³-hybridized carbons (Fsp3) is 0.435. The Morgan fingerprint density at radius 3 is 2.39 bits per heavy atom. The molecule has 0 bridgehead atoms. The molecule has 0 unspecified atom stereocenters. The van der Waals surface area contributed by atoms with Crippen LogP contribution in [-0.4, -0.2) is 48.3 Å². The number of carbonyl (C=O) groups is 3. The van der Waals surface area contributed by atoms with Crippen LogP contribution in [0.15, 0.2) is 41.8 Å². The Bertz CT molecular complexity index is 891. The van der Waals surface area contributed by atoms with Crippen LogP contribution in [0, 0.1) is 17.7 Å². The molecule has 6 nitrogen and oxygen atoms in total. The molecule has 1 atom stereocenters. The summed E-state index contributed by atoms with van der Waals surface area (Å²) in [6.45, 7) is 5.57.